The number of amides is 1. The minimum Gasteiger partial charge on any atom is -0.449 e. The van der Waals surface area contributed by atoms with E-state index in [2.05, 4.69) is 5.32 Å². The molecule has 8 heteroatoms. The summed E-state index contributed by atoms with van der Waals surface area (Å²) in [6.07, 6.45) is 0.0212. The molecule has 0 bridgehead atoms. The van der Waals surface area contributed by atoms with Gasteiger partial charge in [0.05, 0.1) is 22.9 Å². The van der Waals surface area contributed by atoms with E-state index in [9.17, 15) is 18.0 Å². The third-order valence-electron chi connectivity index (χ3n) is 3.50. The van der Waals surface area contributed by atoms with Gasteiger partial charge in [0.2, 0.25) is 0 Å². The summed E-state index contributed by atoms with van der Waals surface area (Å²) in [6.45, 7) is 1.42. The van der Waals surface area contributed by atoms with Crippen molar-refractivity contribution in [3.63, 3.8) is 0 Å². The second-order valence-corrected chi connectivity index (χ2v) is 8.14. The fourth-order valence-corrected chi connectivity index (χ4v) is 3.07. The standard InChI is InChI=1S/C19H18N2O5S/c1-13(18(22)21-17-8-4-5-14(10-17)11-20)26-19(23)16-7-3-6-15(9-16)12-27(2,24)25/h3-10,13H,12H2,1-2H3,(H,21,22)/t13-/m1/s1. The van der Waals surface area contributed by atoms with E-state index < -0.39 is 27.8 Å². The van der Waals surface area contributed by atoms with E-state index >= 15 is 0 Å². The molecule has 0 radical (unpaired) electrons. The maximum absolute atomic E-state index is 12.2. The van der Waals surface area contributed by atoms with Crippen molar-refractivity contribution in [2.24, 2.45) is 0 Å². The van der Waals surface area contributed by atoms with E-state index in [1.165, 1.54) is 25.1 Å². The van der Waals surface area contributed by atoms with E-state index in [-0.39, 0.29) is 11.3 Å². The summed E-state index contributed by atoms with van der Waals surface area (Å²) >= 11 is 0. The molecule has 0 aliphatic rings. The highest BCUT2D eigenvalue weighted by Crippen LogP contribution is 2.13. The van der Waals surface area contributed by atoms with Crippen LogP contribution < -0.4 is 5.32 Å². The van der Waals surface area contributed by atoms with Crippen molar-refractivity contribution < 1.29 is 22.7 Å². The van der Waals surface area contributed by atoms with Crippen LogP contribution in [0, 0.1) is 11.3 Å². The van der Waals surface area contributed by atoms with Crippen molar-refractivity contribution >= 4 is 27.4 Å². The lowest BCUT2D eigenvalue weighted by Gasteiger charge is -2.14. The van der Waals surface area contributed by atoms with Crippen molar-refractivity contribution in [3.05, 3.63) is 65.2 Å². The van der Waals surface area contributed by atoms with E-state index in [0.29, 0.717) is 16.8 Å². The largest absolute Gasteiger partial charge is 0.449 e. The first-order valence-electron chi connectivity index (χ1n) is 7.96. The Morgan fingerprint density at radius 3 is 2.56 bits per heavy atom. The highest BCUT2D eigenvalue weighted by Gasteiger charge is 2.19. The van der Waals surface area contributed by atoms with Crippen LogP contribution in [0.25, 0.3) is 0 Å². The second kappa shape index (κ2) is 8.47. The zero-order chi connectivity index (χ0) is 20.0. The van der Waals surface area contributed by atoms with Crippen LogP contribution in [0.1, 0.15) is 28.4 Å². The molecule has 0 fully saturated rings. The molecule has 2 aromatic carbocycles. The Morgan fingerprint density at radius 1 is 1.19 bits per heavy atom. The molecule has 0 saturated heterocycles. The topological polar surface area (TPSA) is 113 Å². The zero-order valence-corrected chi connectivity index (χ0v) is 15.6. The number of nitrogens with one attached hydrogen (secondary N) is 1. The molecule has 0 aliphatic heterocycles. The number of ether oxygens (including phenoxy) is 1. The zero-order valence-electron chi connectivity index (χ0n) is 14.8. The lowest BCUT2D eigenvalue weighted by Crippen LogP contribution is -2.30. The number of carbonyl (C=O) groups excluding carboxylic acids is 2. The predicted octanol–water partition coefficient (Wildman–Crippen LogP) is 2.29. The average molecular weight is 386 g/mol. The van der Waals surface area contributed by atoms with Crippen molar-refractivity contribution in [1.29, 1.82) is 5.26 Å². The van der Waals surface area contributed by atoms with Crippen molar-refractivity contribution in [2.45, 2.75) is 18.8 Å². The summed E-state index contributed by atoms with van der Waals surface area (Å²) in [7, 11) is -3.24. The van der Waals surface area contributed by atoms with Gasteiger partial charge in [0, 0.05) is 11.9 Å². The van der Waals surface area contributed by atoms with E-state index in [4.69, 9.17) is 10.00 Å². The molecule has 140 valence electrons. The number of rotatable bonds is 6. The Labute approximate surface area is 157 Å². The summed E-state index contributed by atoms with van der Waals surface area (Å²) in [6, 6.07) is 14.3. The van der Waals surface area contributed by atoms with Crippen LogP contribution >= 0.6 is 0 Å². The molecule has 0 heterocycles. The van der Waals surface area contributed by atoms with Crippen LogP contribution in [0.3, 0.4) is 0 Å². The molecule has 1 N–H and O–H groups in total. The van der Waals surface area contributed by atoms with Gasteiger partial charge in [-0.3, -0.25) is 4.79 Å². The predicted molar refractivity (Wildman–Crippen MR) is 99.7 cm³/mol. The molecular formula is C19H18N2O5S. The summed E-state index contributed by atoms with van der Waals surface area (Å²) < 4.78 is 27.9. The minimum absolute atomic E-state index is 0.155. The fourth-order valence-electron chi connectivity index (χ4n) is 2.28. The molecule has 27 heavy (non-hydrogen) atoms. The van der Waals surface area contributed by atoms with Crippen molar-refractivity contribution in [1.82, 2.24) is 0 Å². The lowest BCUT2D eigenvalue weighted by molar-refractivity contribution is -0.123. The van der Waals surface area contributed by atoms with E-state index in [0.717, 1.165) is 6.26 Å². The molecule has 0 saturated carbocycles. The summed E-state index contributed by atoms with van der Waals surface area (Å²) in [5.74, 6) is -1.48. The summed E-state index contributed by atoms with van der Waals surface area (Å²) in [4.78, 5) is 24.4. The monoisotopic (exact) mass is 386 g/mol. The molecule has 0 unspecified atom stereocenters. The molecule has 0 aromatic heterocycles. The van der Waals surface area contributed by atoms with Gasteiger partial charge in [0.15, 0.2) is 15.9 Å². The average Bonchev–Trinajstić information content (AvgIpc) is 2.60. The number of sulfone groups is 1. The van der Waals surface area contributed by atoms with Gasteiger partial charge in [0.25, 0.3) is 5.91 Å². The fraction of sp³-hybridized carbons (Fsp3) is 0.211. The summed E-state index contributed by atoms with van der Waals surface area (Å²) in [5.41, 5.74) is 1.41. The first-order chi connectivity index (χ1) is 12.7. The lowest BCUT2D eigenvalue weighted by atomic mass is 10.1. The number of hydrogen-bond acceptors (Lipinski definition) is 6. The van der Waals surface area contributed by atoms with Gasteiger partial charge in [-0.25, -0.2) is 13.2 Å². The molecule has 1 amide bonds. The Bertz CT molecular complexity index is 1010. The number of anilines is 1. The number of nitrogens with zero attached hydrogens (tertiary/aromatic N) is 1. The van der Waals surface area contributed by atoms with Gasteiger partial charge in [-0.15, -0.1) is 0 Å². The van der Waals surface area contributed by atoms with Crippen molar-refractivity contribution in [2.75, 3.05) is 11.6 Å². The molecule has 1 atom stereocenters. The molecule has 2 rings (SSSR count). The Balaban J connectivity index is 2.03. The normalized spacial score (nSPS) is 11.9. The van der Waals surface area contributed by atoms with Crippen LogP contribution in [0.2, 0.25) is 0 Å². The SMILES string of the molecule is C[C@@H](OC(=O)c1cccc(CS(C)(=O)=O)c1)C(=O)Nc1cccc(C#N)c1. The van der Waals surface area contributed by atoms with Gasteiger partial charge < -0.3 is 10.1 Å². The third-order valence-corrected chi connectivity index (χ3v) is 4.36. The van der Waals surface area contributed by atoms with Gasteiger partial charge in [-0.2, -0.15) is 5.26 Å². The van der Waals surface area contributed by atoms with Crippen LogP contribution in [0.5, 0.6) is 0 Å². The van der Waals surface area contributed by atoms with Crippen molar-refractivity contribution in [3.8, 4) is 6.07 Å². The van der Waals surface area contributed by atoms with Crippen LogP contribution in [0.4, 0.5) is 5.69 Å². The first-order valence-corrected chi connectivity index (χ1v) is 10.0. The number of nitriles is 1. The van der Waals surface area contributed by atoms with Gasteiger partial charge in [-0.1, -0.05) is 18.2 Å². The molecule has 2 aromatic rings. The maximum atomic E-state index is 12.2. The van der Waals surface area contributed by atoms with Gasteiger partial charge in [0.1, 0.15) is 0 Å². The number of carbonyl (C=O) groups is 2. The van der Waals surface area contributed by atoms with E-state index in [1.807, 2.05) is 6.07 Å². The molecule has 0 spiro atoms. The van der Waals surface area contributed by atoms with Crippen LogP contribution in [-0.2, 0) is 25.1 Å². The number of hydrogen-bond donors (Lipinski definition) is 1. The highest BCUT2D eigenvalue weighted by atomic mass is 32.2. The Hall–Kier alpha value is -3.18. The van der Waals surface area contributed by atoms with Gasteiger partial charge >= 0.3 is 5.97 Å². The second-order valence-electron chi connectivity index (χ2n) is 6.00. The summed E-state index contributed by atoms with van der Waals surface area (Å²) in [5, 5.41) is 11.4. The smallest absolute Gasteiger partial charge is 0.338 e. The minimum atomic E-state index is -3.24. The molecule has 0 aliphatic carbocycles. The maximum Gasteiger partial charge on any atom is 0.338 e. The van der Waals surface area contributed by atoms with Crippen LogP contribution in [-0.4, -0.2) is 32.7 Å². The number of esters is 1. The Morgan fingerprint density at radius 2 is 1.89 bits per heavy atom. The molecule has 7 nitrogen and oxygen atoms in total. The van der Waals surface area contributed by atoms with Gasteiger partial charge in [-0.05, 0) is 42.8 Å². The third kappa shape index (κ3) is 6.24. The quantitative estimate of drug-likeness (QED) is 0.762. The first kappa shape index (κ1) is 20.1. The molecular weight excluding hydrogens is 368 g/mol. The Kier molecular flexibility index (Phi) is 6.32. The van der Waals surface area contributed by atoms with E-state index in [1.54, 1.807) is 30.3 Å². The van der Waals surface area contributed by atoms with Crippen LogP contribution in [0.15, 0.2) is 48.5 Å². The highest BCUT2D eigenvalue weighted by molar-refractivity contribution is 7.89. The number of benzene rings is 2.